The van der Waals surface area contributed by atoms with Gasteiger partial charge in [0, 0.05) is 12.1 Å². The van der Waals surface area contributed by atoms with Crippen molar-refractivity contribution >= 4 is 21.7 Å². The first kappa shape index (κ1) is 16.0. The van der Waals surface area contributed by atoms with Crippen LogP contribution in [0.4, 0.5) is 5.82 Å². The molecule has 0 saturated carbocycles. The molecule has 1 aromatic carbocycles. The summed E-state index contributed by atoms with van der Waals surface area (Å²) in [7, 11) is 0. The molecule has 0 saturated heterocycles. The fourth-order valence-electron chi connectivity index (χ4n) is 2.24. The van der Waals surface area contributed by atoms with Crippen LogP contribution in [-0.4, -0.2) is 16.5 Å². The summed E-state index contributed by atoms with van der Waals surface area (Å²) >= 11 is 3.65. The molecule has 0 aliphatic rings. The molecule has 0 atom stereocenters. The fraction of sp³-hybridized carbons (Fsp3) is 0.412. The van der Waals surface area contributed by atoms with E-state index in [0.29, 0.717) is 5.92 Å². The SMILES string of the molecule is CCNc1nc(-c2ccccc2C)nc(CC(C)C)c1Br. The van der Waals surface area contributed by atoms with E-state index in [9.17, 15) is 0 Å². The van der Waals surface area contributed by atoms with Gasteiger partial charge in [0.05, 0.1) is 10.2 Å². The molecule has 112 valence electrons. The van der Waals surface area contributed by atoms with Gasteiger partial charge in [-0.1, -0.05) is 38.1 Å². The van der Waals surface area contributed by atoms with E-state index in [1.54, 1.807) is 0 Å². The van der Waals surface area contributed by atoms with Crippen LogP contribution in [0.2, 0.25) is 0 Å². The highest BCUT2D eigenvalue weighted by molar-refractivity contribution is 9.10. The summed E-state index contributed by atoms with van der Waals surface area (Å²) < 4.78 is 0.982. The molecular formula is C17H22BrN3. The Kier molecular flexibility index (Phi) is 5.34. The van der Waals surface area contributed by atoms with Gasteiger partial charge in [-0.2, -0.15) is 0 Å². The molecule has 2 aromatic rings. The van der Waals surface area contributed by atoms with E-state index in [1.165, 1.54) is 5.56 Å². The van der Waals surface area contributed by atoms with Gasteiger partial charge in [0.25, 0.3) is 0 Å². The van der Waals surface area contributed by atoms with Crippen molar-refractivity contribution in [1.29, 1.82) is 0 Å². The standard InChI is InChI=1S/C17H22BrN3/c1-5-19-17-15(18)14(10-11(2)3)20-16(21-17)13-9-7-6-8-12(13)4/h6-9,11H,5,10H2,1-4H3,(H,19,20,21). The quantitative estimate of drug-likeness (QED) is 0.840. The van der Waals surface area contributed by atoms with E-state index in [2.05, 4.69) is 61.1 Å². The minimum atomic E-state index is 0.551. The van der Waals surface area contributed by atoms with Crippen molar-refractivity contribution in [2.45, 2.75) is 34.1 Å². The summed E-state index contributed by atoms with van der Waals surface area (Å²) in [5, 5.41) is 3.32. The summed E-state index contributed by atoms with van der Waals surface area (Å²) in [6, 6.07) is 8.24. The predicted octanol–water partition coefficient (Wildman–Crippen LogP) is 4.84. The third-order valence-corrected chi connectivity index (χ3v) is 4.08. The van der Waals surface area contributed by atoms with Crippen molar-refractivity contribution in [3.63, 3.8) is 0 Å². The van der Waals surface area contributed by atoms with Gasteiger partial charge < -0.3 is 5.32 Å². The van der Waals surface area contributed by atoms with E-state index in [0.717, 1.165) is 40.3 Å². The van der Waals surface area contributed by atoms with Crippen LogP contribution >= 0.6 is 15.9 Å². The van der Waals surface area contributed by atoms with E-state index in [4.69, 9.17) is 9.97 Å². The van der Waals surface area contributed by atoms with Gasteiger partial charge >= 0.3 is 0 Å². The number of anilines is 1. The predicted molar refractivity (Wildman–Crippen MR) is 92.6 cm³/mol. The molecule has 1 heterocycles. The minimum Gasteiger partial charge on any atom is -0.369 e. The Bertz CT molecular complexity index is 623. The van der Waals surface area contributed by atoms with Crippen molar-refractivity contribution in [3.8, 4) is 11.4 Å². The van der Waals surface area contributed by atoms with Crippen molar-refractivity contribution in [3.05, 3.63) is 40.0 Å². The van der Waals surface area contributed by atoms with Crippen molar-refractivity contribution in [2.75, 3.05) is 11.9 Å². The Labute approximate surface area is 135 Å². The highest BCUT2D eigenvalue weighted by Gasteiger charge is 2.15. The lowest BCUT2D eigenvalue weighted by molar-refractivity contribution is 0.632. The van der Waals surface area contributed by atoms with Crippen LogP contribution in [-0.2, 0) is 6.42 Å². The molecule has 0 radical (unpaired) electrons. The van der Waals surface area contributed by atoms with Crippen molar-refractivity contribution < 1.29 is 0 Å². The third-order valence-electron chi connectivity index (χ3n) is 3.25. The zero-order valence-corrected chi connectivity index (χ0v) is 14.7. The van der Waals surface area contributed by atoms with Crippen LogP contribution in [0.3, 0.4) is 0 Å². The van der Waals surface area contributed by atoms with Crippen LogP contribution in [0.15, 0.2) is 28.7 Å². The molecule has 2 rings (SSSR count). The number of benzene rings is 1. The van der Waals surface area contributed by atoms with Gasteiger partial charge in [0.1, 0.15) is 5.82 Å². The molecule has 0 amide bonds. The van der Waals surface area contributed by atoms with E-state index >= 15 is 0 Å². The van der Waals surface area contributed by atoms with E-state index in [1.807, 2.05) is 12.1 Å². The number of nitrogens with one attached hydrogen (secondary N) is 1. The number of rotatable bonds is 5. The summed E-state index contributed by atoms with van der Waals surface area (Å²) in [5.41, 5.74) is 3.35. The number of halogens is 1. The van der Waals surface area contributed by atoms with Gasteiger partial charge in [-0.15, -0.1) is 0 Å². The summed E-state index contributed by atoms with van der Waals surface area (Å²) in [4.78, 5) is 9.48. The first-order valence-electron chi connectivity index (χ1n) is 7.39. The minimum absolute atomic E-state index is 0.551. The first-order chi connectivity index (χ1) is 10.0. The molecule has 1 N–H and O–H groups in total. The molecule has 0 unspecified atom stereocenters. The number of aromatic nitrogens is 2. The normalized spacial score (nSPS) is 11.0. The van der Waals surface area contributed by atoms with Crippen LogP contribution < -0.4 is 5.32 Å². The fourth-order valence-corrected chi connectivity index (χ4v) is 2.72. The van der Waals surface area contributed by atoms with Crippen LogP contribution in [0, 0.1) is 12.8 Å². The zero-order chi connectivity index (χ0) is 15.4. The van der Waals surface area contributed by atoms with Crippen LogP contribution in [0.5, 0.6) is 0 Å². The second kappa shape index (κ2) is 7.03. The van der Waals surface area contributed by atoms with Gasteiger partial charge in [0.2, 0.25) is 0 Å². The van der Waals surface area contributed by atoms with E-state index in [-0.39, 0.29) is 0 Å². The average Bonchev–Trinajstić information content (AvgIpc) is 2.43. The Morgan fingerprint density at radius 3 is 2.52 bits per heavy atom. The van der Waals surface area contributed by atoms with E-state index < -0.39 is 0 Å². The molecule has 4 heteroatoms. The highest BCUT2D eigenvalue weighted by atomic mass is 79.9. The molecule has 0 bridgehead atoms. The third kappa shape index (κ3) is 3.82. The molecular weight excluding hydrogens is 326 g/mol. The van der Waals surface area contributed by atoms with Crippen LogP contribution in [0.25, 0.3) is 11.4 Å². The Morgan fingerprint density at radius 2 is 1.90 bits per heavy atom. The molecule has 0 aliphatic carbocycles. The van der Waals surface area contributed by atoms with Gasteiger partial charge in [-0.3, -0.25) is 0 Å². The largest absolute Gasteiger partial charge is 0.369 e. The summed E-state index contributed by atoms with van der Waals surface area (Å²) in [6.07, 6.45) is 0.931. The first-order valence-corrected chi connectivity index (χ1v) is 8.18. The number of hydrogen-bond acceptors (Lipinski definition) is 3. The summed E-state index contributed by atoms with van der Waals surface area (Å²) in [6.45, 7) is 9.41. The zero-order valence-electron chi connectivity index (χ0n) is 13.1. The topological polar surface area (TPSA) is 37.8 Å². The van der Waals surface area contributed by atoms with Crippen molar-refractivity contribution in [2.24, 2.45) is 5.92 Å². The maximum Gasteiger partial charge on any atom is 0.162 e. The highest BCUT2D eigenvalue weighted by Crippen LogP contribution is 2.29. The summed E-state index contributed by atoms with van der Waals surface area (Å²) in [5.74, 6) is 2.22. The molecule has 0 aliphatic heterocycles. The second-order valence-electron chi connectivity index (χ2n) is 5.60. The smallest absolute Gasteiger partial charge is 0.162 e. The Balaban J connectivity index is 2.56. The monoisotopic (exact) mass is 347 g/mol. The second-order valence-corrected chi connectivity index (χ2v) is 6.39. The van der Waals surface area contributed by atoms with Crippen molar-refractivity contribution in [1.82, 2.24) is 9.97 Å². The molecule has 21 heavy (non-hydrogen) atoms. The molecule has 3 nitrogen and oxygen atoms in total. The number of hydrogen-bond donors (Lipinski definition) is 1. The lowest BCUT2D eigenvalue weighted by Gasteiger charge is -2.14. The molecule has 0 spiro atoms. The lowest BCUT2D eigenvalue weighted by Crippen LogP contribution is -2.08. The van der Waals surface area contributed by atoms with Gasteiger partial charge in [-0.25, -0.2) is 9.97 Å². The molecule has 1 aromatic heterocycles. The van der Waals surface area contributed by atoms with Crippen LogP contribution in [0.1, 0.15) is 32.0 Å². The number of nitrogens with zero attached hydrogens (tertiary/aromatic N) is 2. The maximum atomic E-state index is 4.79. The van der Waals surface area contributed by atoms with Gasteiger partial charge in [0.15, 0.2) is 5.82 Å². The number of aryl methyl sites for hydroxylation is 1. The average molecular weight is 348 g/mol. The Hall–Kier alpha value is -1.42. The lowest BCUT2D eigenvalue weighted by atomic mass is 10.1. The van der Waals surface area contributed by atoms with Gasteiger partial charge in [-0.05, 0) is 47.7 Å². The maximum absolute atomic E-state index is 4.79. The Morgan fingerprint density at radius 1 is 1.19 bits per heavy atom. The molecule has 0 fully saturated rings.